The number of ether oxygens (including phenoxy) is 3. The van der Waals surface area contributed by atoms with E-state index in [1.54, 1.807) is 68.8 Å². The first-order valence-electron chi connectivity index (χ1n) is 11.6. The van der Waals surface area contributed by atoms with Crippen molar-refractivity contribution in [2.24, 2.45) is 0 Å². The maximum atomic E-state index is 13.9. The second kappa shape index (κ2) is 11.0. The van der Waals surface area contributed by atoms with E-state index in [0.29, 0.717) is 28.5 Å². The maximum absolute atomic E-state index is 13.9. The summed E-state index contributed by atoms with van der Waals surface area (Å²) in [6.45, 7) is 0. The summed E-state index contributed by atoms with van der Waals surface area (Å²) in [5.74, 6) is 0.851. The summed E-state index contributed by atoms with van der Waals surface area (Å²) >= 11 is 0. The monoisotopic (exact) mass is 478 g/mol. The van der Waals surface area contributed by atoms with Gasteiger partial charge in [-0.15, -0.1) is 0 Å². The summed E-state index contributed by atoms with van der Waals surface area (Å²) in [5.41, 5.74) is 1.00. The first kappa shape index (κ1) is 24.2. The number of amides is 2. The van der Waals surface area contributed by atoms with Crippen LogP contribution in [0.1, 0.15) is 47.8 Å². The minimum absolute atomic E-state index is 0.0638. The number of hydrogen-bond acceptors (Lipinski definition) is 6. The molecule has 1 aromatic heterocycles. The van der Waals surface area contributed by atoms with Crippen molar-refractivity contribution >= 4 is 17.5 Å². The lowest BCUT2D eigenvalue weighted by molar-refractivity contribution is -0.123. The first-order chi connectivity index (χ1) is 17.0. The Hall–Kier alpha value is -3.94. The highest BCUT2D eigenvalue weighted by Gasteiger charge is 2.37. The van der Waals surface area contributed by atoms with Gasteiger partial charge in [0.25, 0.3) is 5.91 Å². The highest BCUT2D eigenvalue weighted by molar-refractivity contribution is 6.09. The van der Waals surface area contributed by atoms with Gasteiger partial charge in [-0.3, -0.25) is 14.5 Å². The Bertz CT molecular complexity index is 1150. The van der Waals surface area contributed by atoms with Crippen molar-refractivity contribution in [2.45, 2.75) is 37.8 Å². The van der Waals surface area contributed by atoms with E-state index >= 15 is 0 Å². The lowest BCUT2D eigenvalue weighted by atomic mass is 10.0. The fourth-order valence-corrected chi connectivity index (χ4v) is 4.45. The van der Waals surface area contributed by atoms with Crippen LogP contribution in [0.25, 0.3) is 0 Å². The van der Waals surface area contributed by atoms with E-state index in [1.807, 2.05) is 0 Å². The fraction of sp³-hybridized carbons (Fsp3) is 0.333. The van der Waals surface area contributed by atoms with Gasteiger partial charge in [-0.25, -0.2) is 0 Å². The molecule has 35 heavy (non-hydrogen) atoms. The molecule has 1 N–H and O–H groups in total. The molecule has 184 valence electrons. The lowest BCUT2D eigenvalue weighted by Gasteiger charge is -2.32. The van der Waals surface area contributed by atoms with Crippen molar-refractivity contribution in [3.63, 3.8) is 0 Å². The van der Waals surface area contributed by atoms with Crippen LogP contribution in [0, 0.1) is 0 Å². The second-order valence-corrected chi connectivity index (χ2v) is 8.36. The second-order valence-electron chi connectivity index (χ2n) is 8.36. The lowest BCUT2D eigenvalue weighted by Crippen LogP contribution is -2.46. The Labute approximate surface area is 204 Å². The Morgan fingerprint density at radius 1 is 0.943 bits per heavy atom. The first-order valence-corrected chi connectivity index (χ1v) is 11.6. The summed E-state index contributed by atoms with van der Waals surface area (Å²) < 4.78 is 21.8. The molecular weight excluding hydrogens is 448 g/mol. The molecule has 1 fully saturated rings. The topological polar surface area (TPSA) is 90.2 Å². The third kappa shape index (κ3) is 5.26. The van der Waals surface area contributed by atoms with Crippen LogP contribution in [0.5, 0.6) is 17.2 Å². The standard InChI is InChI=1S/C27H30N2O6/c1-32-20-11-6-8-18(16-20)25(26(30)28-19-9-4-5-10-19)29(27(31)23-12-7-15-35-23)22-14-13-21(33-2)17-24(22)34-3/h6-8,11-17,19,25H,4-5,9-10H2,1-3H3,(H,28,30)/t25-/m0/s1. The highest BCUT2D eigenvalue weighted by Crippen LogP contribution is 2.39. The SMILES string of the molecule is COc1cccc([C@@H](C(=O)NC2CCCC2)N(C(=O)c2ccco2)c2ccc(OC)cc2OC)c1. The quantitative estimate of drug-likeness (QED) is 0.477. The zero-order valence-corrected chi connectivity index (χ0v) is 20.2. The molecule has 8 heteroatoms. The summed E-state index contributed by atoms with van der Waals surface area (Å²) in [7, 11) is 4.62. The molecule has 2 aromatic carbocycles. The molecule has 1 aliphatic carbocycles. The van der Waals surface area contributed by atoms with Gasteiger partial charge in [-0.2, -0.15) is 0 Å². The molecule has 0 bridgehead atoms. The van der Waals surface area contributed by atoms with Crippen LogP contribution in [0.2, 0.25) is 0 Å². The van der Waals surface area contributed by atoms with Crippen LogP contribution < -0.4 is 24.4 Å². The molecule has 0 radical (unpaired) electrons. The number of hydrogen-bond donors (Lipinski definition) is 1. The molecule has 0 aliphatic heterocycles. The zero-order chi connectivity index (χ0) is 24.8. The van der Waals surface area contributed by atoms with Crippen LogP contribution in [-0.4, -0.2) is 39.2 Å². The molecule has 2 amide bonds. The van der Waals surface area contributed by atoms with Crippen molar-refractivity contribution < 1.29 is 28.2 Å². The molecule has 1 aliphatic rings. The minimum atomic E-state index is -1.01. The number of nitrogens with zero attached hydrogens (tertiary/aromatic N) is 1. The Kier molecular flexibility index (Phi) is 7.60. The number of furan rings is 1. The minimum Gasteiger partial charge on any atom is -0.497 e. The molecule has 0 unspecified atom stereocenters. The number of rotatable bonds is 9. The summed E-state index contributed by atoms with van der Waals surface area (Å²) in [6.07, 6.45) is 5.38. The van der Waals surface area contributed by atoms with Gasteiger partial charge in [-0.05, 0) is 54.8 Å². The van der Waals surface area contributed by atoms with Crippen molar-refractivity contribution in [1.82, 2.24) is 5.32 Å². The predicted octanol–water partition coefficient (Wildman–Crippen LogP) is 4.75. The third-order valence-electron chi connectivity index (χ3n) is 6.21. The Morgan fingerprint density at radius 3 is 2.34 bits per heavy atom. The van der Waals surface area contributed by atoms with Crippen molar-refractivity contribution in [3.05, 3.63) is 72.2 Å². The summed E-state index contributed by atoms with van der Waals surface area (Å²) in [6, 6.07) is 14.5. The smallest absolute Gasteiger partial charge is 0.295 e. The van der Waals surface area contributed by atoms with Gasteiger partial charge < -0.3 is 23.9 Å². The van der Waals surface area contributed by atoms with Gasteiger partial charge >= 0.3 is 0 Å². The van der Waals surface area contributed by atoms with Crippen LogP contribution in [-0.2, 0) is 4.79 Å². The highest BCUT2D eigenvalue weighted by atomic mass is 16.5. The number of benzene rings is 2. The van der Waals surface area contributed by atoms with Crippen LogP contribution in [0.4, 0.5) is 5.69 Å². The predicted molar refractivity (Wildman–Crippen MR) is 131 cm³/mol. The van der Waals surface area contributed by atoms with E-state index in [1.165, 1.54) is 18.3 Å². The van der Waals surface area contributed by atoms with E-state index in [-0.39, 0.29) is 17.7 Å². The zero-order valence-electron chi connectivity index (χ0n) is 20.2. The Morgan fingerprint density at radius 2 is 1.69 bits per heavy atom. The number of carbonyl (C=O) groups is 2. The van der Waals surface area contributed by atoms with Crippen molar-refractivity contribution in [2.75, 3.05) is 26.2 Å². The van der Waals surface area contributed by atoms with Gasteiger partial charge in [0.2, 0.25) is 5.91 Å². The number of anilines is 1. The van der Waals surface area contributed by atoms with E-state index < -0.39 is 11.9 Å². The normalized spacial score (nSPS) is 14.3. The average molecular weight is 479 g/mol. The van der Waals surface area contributed by atoms with Crippen molar-refractivity contribution in [1.29, 1.82) is 0 Å². The summed E-state index contributed by atoms with van der Waals surface area (Å²) in [5, 5.41) is 3.16. The van der Waals surface area contributed by atoms with Crippen LogP contribution in [0.3, 0.4) is 0 Å². The van der Waals surface area contributed by atoms with Gasteiger partial charge in [0.05, 0.1) is 33.3 Å². The number of carbonyl (C=O) groups excluding carboxylic acids is 2. The molecule has 3 aromatic rings. The molecular formula is C27H30N2O6. The van der Waals surface area contributed by atoms with E-state index in [2.05, 4.69) is 5.32 Å². The van der Waals surface area contributed by atoms with Gasteiger partial charge in [-0.1, -0.05) is 25.0 Å². The van der Waals surface area contributed by atoms with Crippen molar-refractivity contribution in [3.8, 4) is 17.2 Å². The van der Waals surface area contributed by atoms with E-state index in [9.17, 15) is 9.59 Å². The molecule has 0 spiro atoms. The molecule has 1 atom stereocenters. The third-order valence-corrected chi connectivity index (χ3v) is 6.21. The average Bonchev–Trinajstić information content (AvgIpc) is 3.61. The number of nitrogens with one attached hydrogen (secondary N) is 1. The van der Waals surface area contributed by atoms with Gasteiger partial charge in [0.1, 0.15) is 23.3 Å². The maximum Gasteiger partial charge on any atom is 0.295 e. The van der Waals surface area contributed by atoms with Gasteiger partial charge in [0.15, 0.2) is 5.76 Å². The molecule has 4 rings (SSSR count). The molecule has 1 saturated carbocycles. The molecule has 1 heterocycles. The fourth-order valence-electron chi connectivity index (χ4n) is 4.45. The summed E-state index contributed by atoms with van der Waals surface area (Å²) in [4.78, 5) is 29.2. The van der Waals surface area contributed by atoms with E-state index in [0.717, 1.165) is 25.7 Å². The van der Waals surface area contributed by atoms with E-state index in [4.69, 9.17) is 18.6 Å². The van der Waals surface area contributed by atoms with Crippen LogP contribution in [0.15, 0.2) is 65.3 Å². The van der Waals surface area contributed by atoms with Crippen LogP contribution >= 0.6 is 0 Å². The largest absolute Gasteiger partial charge is 0.497 e. The Balaban J connectivity index is 1.88. The molecule has 0 saturated heterocycles. The van der Waals surface area contributed by atoms with Gasteiger partial charge in [0, 0.05) is 12.1 Å². The number of methoxy groups -OCH3 is 3. The molecule has 8 nitrogen and oxygen atoms in total.